The number of halogens is 2. The number of carbonyl (C=O) groups is 4. The summed E-state index contributed by atoms with van der Waals surface area (Å²) in [5.74, 6) is -0.666. The molecule has 1 unspecified atom stereocenters. The number of imide groups is 1. The Bertz CT molecular complexity index is 2490. The van der Waals surface area contributed by atoms with Gasteiger partial charge in [0.15, 0.2) is 16.9 Å². The zero-order valence-corrected chi connectivity index (χ0v) is 33.5. The predicted octanol–water partition coefficient (Wildman–Crippen LogP) is 4.35. The van der Waals surface area contributed by atoms with Gasteiger partial charge in [-0.3, -0.25) is 34.1 Å². The van der Waals surface area contributed by atoms with Crippen LogP contribution in [-0.2, 0) is 19.1 Å². The van der Waals surface area contributed by atoms with Crippen LogP contribution < -0.4 is 20.9 Å². The molecule has 19 heteroatoms. The van der Waals surface area contributed by atoms with Gasteiger partial charge in [0, 0.05) is 69.0 Å². The van der Waals surface area contributed by atoms with E-state index < -0.39 is 23.9 Å². The average Bonchev–Trinajstić information content (AvgIpc) is 4.11. The number of morpholine rings is 1. The van der Waals surface area contributed by atoms with Crippen LogP contribution in [0.1, 0.15) is 84.9 Å². The third-order valence-electron chi connectivity index (χ3n) is 13.1. The van der Waals surface area contributed by atoms with Crippen molar-refractivity contribution in [2.24, 2.45) is 5.92 Å². The standard InChI is InChI=1S/C42H47F2N11O6/c43-39(44)37-33(47-42(59)30-17-45-54-11-10-34(48-40(30)54)53-19-27-16-26(53)22-60-27)20-55(50-37)25-6-4-24(5-7-25)18-51-12-14-52(15-13-51)21-36(57)46-32-3-1-2-28-31(23-61-38(28)32)29-8-9-35(56)49-41(29)58/h1-3,10-11,17,20,23-27,29,39H,4-9,12-16,18-19,21-22H2,(H,46,57)(H,47,59)(H,49,56,58)/t24?,25?,26-,27-,29?/m0/s1. The molecule has 61 heavy (non-hydrogen) atoms. The Morgan fingerprint density at radius 1 is 0.967 bits per heavy atom. The molecule has 10 rings (SSSR count). The minimum absolute atomic E-state index is 0.0184. The second-order valence-corrected chi connectivity index (χ2v) is 16.9. The van der Waals surface area contributed by atoms with Crippen molar-refractivity contribution >= 4 is 57.4 Å². The van der Waals surface area contributed by atoms with Crippen molar-refractivity contribution in [3.8, 4) is 0 Å². The molecule has 1 aromatic carbocycles. The van der Waals surface area contributed by atoms with Crippen molar-refractivity contribution in [3.63, 3.8) is 0 Å². The highest BCUT2D eigenvalue weighted by atomic mass is 19.3. The minimum atomic E-state index is -2.87. The van der Waals surface area contributed by atoms with Crippen molar-refractivity contribution in [1.82, 2.24) is 39.5 Å². The van der Waals surface area contributed by atoms with E-state index in [0.717, 1.165) is 82.6 Å². The molecule has 0 spiro atoms. The third-order valence-corrected chi connectivity index (χ3v) is 13.1. The number of rotatable bonds is 11. The summed E-state index contributed by atoms with van der Waals surface area (Å²) in [6, 6.07) is 7.47. The number of nitrogens with zero attached hydrogens (tertiary/aromatic N) is 8. The summed E-state index contributed by atoms with van der Waals surface area (Å²) in [6.07, 6.45) is 8.54. The maximum absolute atomic E-state index is 14.3. The number of aromatic nitrogens is 5. The number of alkyl halides is 2. The molecule has 5 fully saturated rings. The Hall–Kier alpha value is -5.79. The summed E-state index contributed by atoms with van der Waals surface area (Å²) < 4.78 is 43.2. The second-order valence-electron chi connectivity index (χ2n) is 16.9. The van der Waals surface area contributed by atoms with E-state index in [9.17, 15) is 28.0 Å². The summed E-state index contributed by atoms with van der Waals surface area (Å²) >= 11 is 0. The molecule has 4 aromatic heterocycles. The van der Waals surface area contributed by atoms with Crippen molar-refractivity contribution < 1.29 is 37.1 Å². The van der Waals surface area contributed by atoms with Gasteiger partial charge in [0.2, 0.25) is 17.7 Å². The molecule has 3 atom stereocenters. The Balaban J connectivity index is 0.699. The van der Waals surface area contributed by atoms with Crippen LogP contribution in [0, 0.1) is 5.92 Å². The van der Waals surface area contributed by atoms with E-state index in [0.29, 0.717) is 41.4 Å². The fourth-order valence-corrected chi connectivity index (χ4v) is 9.82. The lowest BCUT2D eigenvalue weighted by Crippen LogP contribution is -2.49. The Morgan fingerprint density at radius 3 is 2.54 bits per heavy atom. The first-order valence-electron chi connectivity index (χ1n) is 21.1. The van der Waals surface area contributed by atoms with Crippen LogP contribution in [0.2, 0.25) is 0 Å². The molecule has 3 N–H and O–H groups in total. The second kappa shape index (κ2) is 16.2. The zero-order chi connectivity index (χ0) is 41.8. The summed E-state index contributed by atoms with van der Waals surface area (Å²) in [6.45, 7) is 5.67. The molecule has 5 aliphatic rings. The molecule has 5 aromatic rings. The minimum Gasteiger partial charge on any atom is -0.462 e. The molecule has 4 aliphatic heterocycles. The van der Waals surface area contributed by atoms with Gasteiger partial charge in [-0.05, 0) is 56.6 Å². The lowest BCUT2D eigenvalue weighted by molar-refractivity contribution is -0.134. The maximum atomic E-state index is 14.3. The van der Waals surface area contributed by atoms with E-state index in [4.69, 9.17) is 14.1 Å². The lowest BCUT2D eigenvalue weighted by atomic mass is 9.85. The van der Waals surface area contributed by atoms with Gasteiger partial charge < -0.3 is 29.6 Å². The number of furan rings is 1. The van der Waals surface area contributed by atoms with Crippen molar-refractivity contribution in [2.75, 3.05) is 68.0 Å². The number of hydrogen-bond acceptors (Lipinski definition) is 12. The molecular formula is C42H47F2N11O6. The first kappa shape index (κ1) is 39.4. The van der Waals surface area contributed by atoms with Crippen LogP contribution in [-0.4, -0.2) is 122 Å². The van der Waals surface area contributed by atoms with Gasteiger partial charge in [0.25, 0.3) is 12.3 Å². The van der Waals surface area contributed by atoms with Gasteiger partial charge in [-0.15, -0.1) is 0 Å². The smallest absolute Gasteiger partial charge is 0.284 e. The molecule has 320 valence electrons. The number of piperidine rings is 1. The molecule has 1 aliphatic carbocycles. The molecule has 8 heterocycles. The zero-order valence-electron chi connectivity index (χ0n) is 33.5. The number of nitrogens with one attached hydrogen (secondary N) is 3. The number of hydrogen-bond donors (Lipinski definition) is 3. The first-order valence-corrected chi connectivity index (χ1v) is 21.1. The monoisotopic (exact) mass is 839 g/mol. The number of benzene rings is 1. The quantitative estimate of drug-likeness (QED) is 0.160. The van der Waals surface area contributed by atoms with E-state index in [1.54, 1.807) is 16.9 Å². The number of fused-ring (bicyclic) bond motifs is 4. The van der Waals surface area contributed by atoms with Crippen LogP contribution >= 0.6 is 0 Å². The highest BCUT2D eigenvalue weighted by Gasteiger charge is 2.40. The average molecular weight is 840 g/mol. The van der Waals surface area contributed by atoms with Crippen molar-refractivity contribution in [2.45, 2.75) is 75.5 Å². The third kappa shape index (κ3) is 7.85. The number of anilines is 3. The normalized spacial score (nSPS) is 24.9. The van der Waals surface area contributed by atoms with Gasteiger partial charge in [-0.1, -0.05) is 12.1 Å². The Kier molecular flexibility index (Phi) is 10.5. The number of piperazine rings is 1. The fraction of sp³-hybridized carbons (Fsp3) is 0.500. The van der Waals surface area contributed by atoms with Crippen LogP contribution in [0.25, 0.3) is 16.6 Å². The molecule has 1 saturated carbocycles. The van der Waals surface area contributed by atoms with Crippen LogP contribution in [0.5, 0.6) is 0 Å². The van der Waals surface area contributed by atoms with Gasteiger partial charge in [-0.2, -0.15) is 10.2 Å². The van der Waals surface area contributed by atoms with Crippen LogP contribution in [0.3, 0.4) is 0 Å². The molecule has 0 radical (unpaired) electrons. The highest BCUT2D eigenvalue weighted by Crippen LogP contribution is 2.38. The molecule has 17 nitrogen and oxygen atoms in total. The summed E-state index contributed by atoms with van der Waals surface area (Å²) in [7, 11) is 0. The van der Waals surface area contributed by atoms with Gasteiger partial charge in [-0.25, -0.2) is 18.3 Å². The fourth-order valence-electron chi connectivity index (χ4n) is 9.82. The molecule has 4 amide bonds. The van der Waals surface area contributed by atoms with Gasteiger partial charge in [0.05, 0.1) is 61.1 Å². The van der Waals surface area contributed by atoms with Gasteiger partial charge in [0.1, 0.15) is 11.4 Å². The largest absolute Gasteiger partial charge is 0.462 e. The van der Waals surface area contributed by atoms with Crippen molar-refractivity contribution in [3.05, 3.63) is 65.9 Å². The Labute approximate surface area is 348 Å². The molecule has 4 saturated heterocycles. The van der Waals surface area contributed by atoms with Crippen molar-refractivity contribution in [1.29, 1.82) is 0 Å². The summed E-state index contributed by atoms with van der Waals surface area (Å²) in [5.41, 5.74) is 1.78. The van der Waals surface area contributed by atoms with E-state index >= 15 is 0 Å². The number of ether oxygens (including phenoxy) is 1. The van der Waals surface area contributed by atoms with Crippen LogP contribution in [0.4, 0.5) is 26.0 Å². The molecular weight excluding hydrogens is 793 g/mol. The molecule has 2 bridgehead atoms. The SMILES string of the molecule is O=C1CCC(c2coc3c(NC(=O)CN4CCN(CC5CCC(n6cc(NC(=O)c7cnn8ccc(N9C[C@@H]%10C[C@H]9CO%10)nc78)c(C(F)F)n6)CC5)CC4)cccc23)C(=O)N1. The van der Waals surface area contributed by atoms with E-state index in [1.165, 1.54) is 23.2 Å². The predicted molar refractivity (Wildman–Crippen MR) is 217 cm³/mol. The highest BCUT2D eigenvalue weighted by molar-refractivity contribution is 6.08. The summed E-state index contributed by atoms with van der Waals surface area (Å²) in [4.78, 5) is 62.3. The first-order chi connectivity index (χ1) is 29.6. The van der Waals surface area contributed by atoms with E-state index in [1.807, 2.05) is 18.2 Å². The topological polar surface area (TPSA) is 184 Å². The number of carbonyl (C=O) groups excluding carboxylic acids is 4. The van der Waals surface area contributed by atoms with E-state index in [2.05, 4.69) is 40.8 Å². The van der Waals surface area contributed by atoms with Gasteiger partial charge >= 0.3 is 0 Å². The van der Waals surface area contributed by atoms with E-state index in [-0.39, 0.29) is 60.1 Å². The van der Waals surface area contributed by atoms with Crippen LogP contribution in [0.15, 0.2) is 53.5 Å². The lowest BCUT2D eigenvalue weighted by Gasteiger charge is -2.38. The number of para-hydroxylation sites is 1. The number of amides is 4. The maximum Gasteiger partial charge on any atom is 0.284 e. The summed E-state index contributed by atoms with van der Waals surface area (Å²) in [5, 5.41) is 17.4. The Morgan fingerprint density at radius 2 is 1.79 bits per heavy atom.